The summed E-state index contributed by atoms with van der Waals surface area (Å²) in [6.45, 7) is 3.49. The summed E-state index contributed by atoms with van der Waals surface area (Å²) < 4.78 is 5.63. The minimum absolute atomic E-state index is 0.0176. The summed E-state index contributed by atoms with van der Waals surface area (Å²) in [6, 6.07) is 0. The van der Waals surface area contributed by atoms with E-state index >= 15 is 0 Å². The number of carbonyl (C=O) groups is 1. The van der Waals surface area contributed by atoms with E-state index in [0.717, 1.165) is 51.6 Å². The highest BCUT2D eigenvalue weighted by atomic mass is 16.7. The van der Waals surface area contributed by atoms with Gasteiger partial charge in [0.15, 0.2) is 0 Å². The van der Waals surface area contributed by atoms with Crippen LogP contribution in [0.2, 0.25) is 0 Å². The maximum Gasteiger partial charge on any atom is 0.275 e. The van der Waals surface area contributed by atoms with E-state index in [1.165, 1.54) is 103 Å². The topological polar surface area (TPSA) is 119 Å². The molecule has 0 aliphatic heterocycles. The number of aliphatic hydroxyl groups excluding tert-OH is 1. The fourth-order valence-corrected chi connectivity index (χ4v) is 5.09. The van der Waals surface area contributed by atoms with E-state index in [1.807, 2.05) is 0 Å². The van der Waals surface area contributed by atoms with Crippen molar-refractivity contribution >= 4 is 5.91 Å². The molecule has 7 heteroatoms. The van der Waals surface area contributed by atoms with Gasteiger partial charge < -0.3 is 30.5 Å². The molecule has 1 amide bonds. The van der Waals surface area contributed by atoms with Crippen molar-refractivity contribution in [3.8, 4) is 0 Å². The first kappa shape index (κ1) is 39.3. The molecule has 0 aliphatic carbocycles. The summed E-state index contributed by atoms with van der Waals surface area (Å²) in [5.74, 6) is -2.58. The average molecular weight is 574 g/mol. The summed E-state index contributed by atoms with van der Waals surface area (Å²) in [6.07, 6.45) is 29.0. The number of nitrogens with one attached hydrogen (secondary N) is 1. The van der Waals surface area contributed by atoms with Crippen molar-refractivity contribution < 1.29 is 30.0 Å². The van der Waals surface area contributed by atoms with Crippen molar-refractivity contribution in [1.82, 2.24) is 5.32 Å². The molecule has 40 heavy (non-hydrogen) atoms. The van der Waals surface area contributed by atoms with Crippen molar-refractivity contribution in [2.45, 2.75) is 192 Å². The Kier molecular flexibility index (Phi) is 29.2. The SMILES string of the molecule is CCCCCCCCCCCCCCOCCC(O)NC(=O)CCCCCCCCCCCCCCC(O)(O)O. The van der Waals surface area contributed by atoms with E-state index in [0.29, 0.717) is 25.9 Å². The first-order valence-corrected chi connectivity index (χ1v) is 17.1. The number of amides is 1. The Hall–Kier alpha value is -0.730. The Morgan fingerprint density at radius 2 is 1.00 bits per heavy atom. The highest BCUT2D eigenvalue weighted by molar-refractivity contribution is 5.75. The fraction of sp³-hybridized carbons (Fsp3) is 0.970. The monoisotopic (exact) mass is 573 g/mol. The van der Waals surface area contributed by atoms with Gasteiger partial charge in [-0.2, -0.15) is 0 Å². The van der Waals surface area contributed by atoms with Gasteiger partial charge in [-0.1, -0.05) is 142 Å². The lowest BCUT2D eigenvalue weighted by molar-refractivity contribution is -0.315. The van der Waals surface area contributed by atoms with E-state index in [4.69, 9.17) is 20.1 Å². The van der Waals surface area contributed by atoms with Crippen LogP contribution in [0.15, 0.2) is 0 Å². The molecule has 1 unspecified atom stereocenters. The second kappa shape index (κ2) is 29.8. The molecule has 0 saturated heterocycles. The zero-order valence-corrected chi connectivity index (χ0v) is 26.2. The van der Waals surface area contributed by atoms with Crippen molar-refractivity contribution in [3.05, 3.63) is 0 Å². The number of carbonyl (C=O) groups excluding carboxylic acids is 1. The van der Waals surface area contributed by atoms with Gasteiger partial charge in [-0.05, 0) is 19.3 Å². The van der Waals surface area contributed by atoms with Gasteiger partial charge in [0.25, 0.3) is 5.97 Å². The van der Waals surface area contributed by atoms with E-state index in [-0.39, 0.29) is 12.3 Å². The van der Waals surface area contributed by atoms with E-state index < -0.39 is 12.2 Å². The van der Waals surface area contributed by atoms with Crippen LogP contribution in [-0.2, 0) is 9.53 Å². The zero-order chi connectivity index (χ0) is 29.6. The Labute approximate surface area is 246 Å². The summed E-state index contributed by atoms with van der Waals surface area (Å²) in [5, 5.41) is 39.2. The molecule has 0 aromatic rings. The highest BCUT2D eigenvalue weighted by Gasteiger charge is 2.16. The third-order valence-corrected chi connectivity index (χ3v) is 7.67. The molecule has 240 valence electrons. The van der Waals surface area contributed by atoms with Crippen LogP contribution < -0.4 is 5.32 Å². The Morgan fingerprint density at radius 3 is 1.45 bits per heavy atom. The number of hydrogen-bond donors (Lipinski definition) is 5. The maximum atomic E-state index is 12.0. The van der Waals surface area contributed by atoms with Gasteiger partial charge in [0, 0.05) is 25.9 Å². The van der Waals surface area contributed by atoms with Crippen LogP contribution in [0, 0.1) is 0 Å². The quantitative estimate of drug-likeness (QED) is 0.0417. The summed E-state index contributed by atoms with van der Waals surface area (Å²) in [7, 11) is 0. The molecule has 5 N–H and O–H groups in total. The van der Waals surface area contributed by atoms with Gasteiger partial charge >= 0.3 is 0 Å². The Balaban J connectivity index is 3.29. The van der Waals surface area contributed by atoms with Crippen LogP contribution in [0.3, 0.4) is 0 Å². The molecule has 0 spiro atoms. The van der Waals surface area contributed by atoms with E-state index in [2.05, 4.69) is 12.2 Å². The van der Waals surface area contributed by atoms with Gasteiger partial charge in [-0.25, -0.2) is 0 Å². The fourth-order valence-electron chi connectivity index (χ4n) is 5.09. The third kappa shape index (κ3) is 33.5. The molecular weight excluding hydrogens is 506 g/mol. The van der Waals surface area contributed by atoms with Gasteiger partial charge in [0.1, 0.15) is 6.23 Å². The molecule has 0 saturated carbocycles. The largest absolute Gasteiger partial charge is 0.381 e. The van der Waals surface area contributed by atoms with Gasteiger partial charge in [-0.15, -0.1) is 0 Å². The normalized spacial score (nSPS) is 12.6. The van der Waals surface area contributed by atoms with Gasteiger partial charge in [-0.3, -0.25) is 4.79 Å². The van der Waals surface area contributed by atoms with Crippen molar-refractivity contribution in [2.75, 3.05) is 13.2 Å². The lowest BCUT2D eigenvalue weighted by Crippen LogP contribution is -2.35. The Bertz CT molecular complexity index is 526. The lowest BCUT2D eigenvalue weighted by atomic mass is 10.0. The van der Waals surface area contributed by atoms with E-state index in [1.54, 1.807) is 0 Å². The number of rotatable bonds is 32. The van der Waals surface area contributed by atoms with Gasteiger partial charge in [0.05, 0.1) is 6.61 Å². The maximum absolute atomic E-state index is 12.0. The second-order valence-corrected chi connectivity index (χ2v) is 11.9. The average Bonchev–Trinajstić information content (AvgIpc) is 2.90. The van der Waals surface area contributed by atoms with Crippen LogP contribution in [0.4, 0.5) is 0 Å². The number of hydrogen-bond acceptors (Lipinski definition) is 6. The van der Waals surface area contributed by atoms with Gasteiger partial charge in [0.2, 0.25) is 5.91 Å². The zero-order valence-electron chi connectivity index (χ0n) is 26.2. The first-order chi connectivity index (χ1) is 19.3. The summed E-state index contributed by atoms with van der Waals surface area (Å²) >= 11 is 0. The smallest absolute Gasteiger partial charge is 0.275 e. The number of ether oxygens (including phenoxy) is 1. The van der Waals surface area contributed by atoms with Crippen LogP contribution in [-0.4, -0.2) is 51.7 Å². The molecule has 0 bridgehead atoms. The first-order valence-electron chi connectivity index (χ1n) is 17.1. The number of unbranched alkanes of at least 4 members (excludes halogenated alkanes) is 22. The van der Waals surface area contributed by atoms with Crippen LogP contribution in [0.5, 0.6) is 0 Å². The third-order valence-electron chi connectivity index (χ3n) is 7.67. The minimum Gasteiger partial charge on any atom is -0.381 e. The van der Waals surface area contributed by atoms with Crippen LogP contribution in [0.25, 0.3) is 0 Å². The predicted molar refractivity (Wildman–Crippen MR) is 165 cm³/mol. The predicted octanol–water partition coefficient (Wildman–Crippen LogP) is 7.62. The molecule has 0 radical (unpaired) electrons. The molecule has 0 aromatic heterocycles. The lowest BCUT2D eigenvalue weighted by Gasteiger charge is -2.13. The minimum atomic E-state index is -2.51. The molecule has 0 rings (SSSR count). The van der Waals surface area contributed by atoms with Crippen molar-refractivity contribution in [3.63, 3.8) is 0 Å². The molecular formula is C33H67NO6. The number of aliphatic hydroxyl groups is 4. The molecule has 0 fully saturated rings. The van der Waals surface area contributed by atoms with Crippen molar-refractivity contribution in [1.29, 1.82) is 0 Å². The van der Waals surface area contributed by atoms with E-state index in [9.17, 15) is 9.90 Å². The summed E-state index contributed by atoms with van der Waals surface area (Å²) in [5.41, 5.74) is 0. The van der Waals surface area contributed by atoms with Crippen LogP contribution >= 0.6 is 0 Å². The second-order valence-electron chi connectivity index (χ2n) is 11.9. The summed E-state index contributed by atoms with van der Waals surface area (Å²) in [4.78, 5) is 12.0. The molecule has 1 atom stereocenters. The molecule has 0 heterocycles. The molecule has 0 aromatic carbocycles. The highest BCUT2D eigenvalue weighted by Crippen LogP contribution is 2.15. The van der Waals surface area contributed by atoms with Crippen molar-refractivity contribution in [2.24, 2.45) is 0 Å². The van der Waals surface area contributed by atoms with Crippen LogP contribution in [0.1, 0.15) is 180 Å². The molecule has 7 nitrogen and oxygen atoms in total. The standard InChI is InChI=1S/C33H67NO6/c1-2-3-4-5-6-7-8-13-16-19-22-25-29-40-30-27-32(36)34-31(35)26-23-20-17-14-11-9-10-12-15-18-21-24-28-33(37,38)39/h32,36-39H,2-30H2,1H3,(H,34,35). The molecule has 0 aliphatic rings. The Morgan fingerprint density at radius 1 is 0.600 bits per heavy atom.